The average Bonchev–Trinajstić information content (AvgIpc) is 2.05. The van der Waals surface area contributed by atoms with E-state index < -0.39 is 6.09 Å². The van der Waals surface area contributed by atoms with Crippen LogP contribution >= 0.6 is 15.9 Å². The lowest BCUT2D eigenvalue weighted by Crippen LogP contribution is -2.51. The minimum atomic E-state index is -0.864. The molecule has 1 N–H and O–H groups in total. The van der Waals surface area contributed by atoms with Gasteiger partial charge in [-0.1, -0.05) is 15.9 Å². The molecule has 0 radical (unpaired) electrons. The third kappa shape index (κ3) is 2.10. The molecule has 1 aliphatic heterocycles. The quantitative estimate of drug-likeness (QED) is 0.697. The van der Waals surface area contributed by atoms with Gasteiger partial charge in [0, 0.05) is 5.33 Å². The van der Waals surface area contributed by atoms with E-state index in [4.69, 9.17) is 9.84 Å². The van der Waals surface area contributed by atoms with Gasteiger partial charge in [0.15, 0.2) is 0 Å². The Labute approximate surface area is 79.6 Å². The molecular formula is C7H12BrNO3. The maximum absolute atomic E-state index is 10.7. The summed E-state index contributed by atoms with van der Waals surface area (Å²) >= 11 is 3.26. The minimum Gasteiger partial charge on any atom is -0.465 e. The van der Waals surface area contributed by atoms with E-state index in [-0.39, 0.29) is 12.1 Å². The smallest absolute Gasteiger partial charge is 0.407 e. The largest absolute Gasteiger partial charge is 0.465 e. The van der Waals surface area contributed by atoms with Crippen LogP contribution in [0.2, 0.25) is 0 Å². The Kier molecular flexibility index (Phi) is 3.34. The van der Waals surface area contributed by atoms with Crippen molar-refractivity contribution in [2.75, 3.05) is 18.5 Å². The number of hydrogen-bond acceptors (Lipinski definition) is 2. The Hall–Kier alpha value is -0.290. The zero-order valence-electron chi connectivity index (χ0n) is 6.86. The number of carboxylic acid groups (broad SMARTS) is 1. The van der Waals surface area contributed by atoms with Crippen LogP contribution in [0, 0.1) is 0 Å². The van der Waals surface area contributed by atoms with Crippen LogP contribution in [0.5, 0.6) is 0 Å². The Balaban J connectivity index is 2.53. The number of halogens is 1. The summed E-state index contributed by atoms with van der Waals surface area (Å²) in [5, 5.41) is 9.46. The van der Waals surface area contributed by atoms with Crippen molar-refractivity contribution in [1.82, 2.24) is 4.90 Å². The fourth-order valence-electron chi connectivity index (χ4n) is 1.18. The summed E-state index contributed by atoms with van der Waals surface area (Å²) in [6.07, 6.45) is -0.867. The van der Waals surface area contributed by atoms with Crippen molar-refractivity contribution < 1.29 is 14.6 Å². The monoisotopic (exact) mass is 237 g/mol. The van der Waals surface area contributed by atoms with Crippen molar-refractivity contribution in [3.05, 3.63) is 0 Å². The van der Waals surface area contributed by atoms with Gasteiger partial charge in [0.25, 0.3) is 0 Å². The first-order valence-corrected chi connectivity index (χ1v) is 4.94. The molecule has 1 saturated heterocycles. The number of carbonyl (C=O) groups is 1. The third-order valence-electron chi connectivity index (χ3n) is 1.92. The van der Waals surface area contributed by atoms with E-state index in [1.807, 2.05) is 6.92 Å². The van der Waals surface area contributed by atoms with E-state index in [1.165, 1.54) is 4.90 Å². The lowest BCUT2D eigenvalue weighted by Gasteiger charge is -2.35. The summed E-state index contributed by atoms with van der Waals surface area (Å²) in [4.78, 5) is 12.1. The minimum absolute atomic E-state index is 0.00250. The van der Waals surface area contributed by atoms with Crippen molar-refractivity contribution in [2.45, 2.75) is 19.1 Å². The van der Waals surface area contributed by atoms with Crippen molar-refractivity contribution in [2.24, 2.45) is 0 Å². The molecule has 12 heavy (non-hydrogen) atoms. The van der Waals surface area contributed by atoms with E-state index in [0.717, 1.165) is 0 Å². The normalized spacial score (nSPS) is 30.3. The number of alkyl halides is 1. The second-order valence-corrected chi connectivity index (χ2v) is 3.54. The third-order valence-corrected chi connectivity index (χ3v) is 2.65. The first-order chi connectivity index (χ1) is 5.65. The maximum Gasteiger partial charge on any atom is 0.407 e. The van der Waals surface area contributed by atoms with Crippen LogP contribution < -0.4 is 0 Å². The number of morpholine rings is 1. The summed E-state index contributed by atoms with van der Waals surface area (Å²) < 4.78 is 5.37. The van der Waals surface area contributed by atoms with Gasteiger partial charge in [-0.25, -0.2) is 4.79 Å². The van der Waals surface area contributed by atoms with Gasteiger partial charge in [-0.15, -0.1) is 0 Å². The van der Waals surface area contributed by atoms with Crippen LogP contribution in [0.3, 0.4) is 0 Å². The summed E-state index contributed by atoms with van der Waals surface area (Å²) in [7, 11) is 0. The molecule has 1 rings (SSSR count). The number of hydrogen-bond donors (Lipinski definition) is 1. The molecule has 1 fully saturated rings. The van der Waals surface area contributed by atoms with Gasteiger partial charge in [-0.3, -0.25) is 0 Å². The lowest BCUT2D eigenvalue weighted by molar-refractivity contribution is -0.0374. The van der Waals surface area contributed by atoms with Crippen LogP contribution in [0.4, 0.5) is 4.79 Å². The highest BCUT2D eigenvalue weighted by atomic mass is 79.9. The summed E-state index contributed by atoms with van der Waals surface area (Å²) in [6.45, 7) is 2.79. The highest BCUT2D eigenvalue weighted by Gasteiger charge is 2.28. The summed E-state index contributed by atoms with van der Waals surface area (Å²) in [5.74, 6) is 0. The number of rotatable bonds is 1. The fourth-order valence-corrected chi connectivity index (χ4v) is 1.57. The molecule has 70 valence electrons. The predicted molar refractivity (Wildman–Crippen MR) is 47.7 cm³/mol. The van der Waals surface area contributed by atoms with Crippen LogP contribution in [0.1, 0.15) is 6.92 Å². The lowest BCUT2D eigenvalue weighted by atomic mass is 10.2. The Morgan fingerprint density at radius 1 is 1.83 bits per heavy atom. The molecule has 0 spiro atoms. The Bertz CT molecular complexity index is 176. The number of amides is 1. The van der Waals surface area contributed by atoms with E-state index in [2.05, 4.69) is 15.9 Å². The topological polar surface area (TPSA) is 49.8 Å². The molecule has 0 bridgehead atoms. The van der Waals surface area contributed by atoms with Crippen LogP contribution in [0.15, 0.2) is 0 Å². The van der Waals surface area contributed by atoms with E-state index in [0.29, 0.717) is 18.5 Å². The Morgan fingerprint density at radius 3 is 3.00 bits per heavy atom. The van der Waals surface area contributed by atoms with Crippen molar-refractivity contribution in [1.29, 1.82) is 0 Å². The van der Waals surface area contributed by atoms with E-state index in [1.54, 1.807) is 0 Å². The van der Waals surface area contributed by atoms with Gasteiger partial charge in [-0.2, -0.15) is 0 Å². The van der Waals surface area contributed by atoms with Crippen LogP contribution in [-0.2, 0) is 4.74 Å². The molecule has 2 atom stereocenters. The zero-order valence-corrected chi connectivity index (χ0v) is 8.45. The van der Waals surface area contributed by atoms with Gasteiger partial charge >= 0.3 is 6.09 Å². The van der Waals surface area contributed by atoms with E-state index in [9.17, 15) is 4.79 Å². The number of ether oxygens (including phenoxy) is 1. The molecular weight excluding hydrogens is 226 g/mol. The fraction of sp³-hybridized carbons (Fsp3) is 0.857. The summed E-state index contributed by atoms with van der Waals surface area (Å²) in [5.41, 5.74) is 0. The van der Waals surface area contributed by atoms with Gasteiger partial charge in [0.05, 0.1) is 25.3 Å². The van der Waals surface area contributed by atoms with Crippen molar-refractivity contribution in [3.63, 3.8) is 0 Å². The highest BCUT2D eigenvalue weighted by molar-refractivity contribution is 9.09. The number of nitrogens with zero attached hydrogens (tertiary/aromatic N) is 1. The highest BCUT2D eigenvalue weighted by Crippen LogP contribution is 2.12. The van der Waals surface area contributed by atoms with Gasteiger partial charge in [0.1, 0.15) is 0 Å². The molecule has 1 heterocycles. The average molecular weight is 238 g/mol. The second-order valence-electron chi connectivity index (χ2n) is 2.89. The first-order valence-electron chi connectivity index (χ1n) is 3.82. The Morgan fingerprint density at radius 2 is 2.50 bits per heavy atom. The molecule has 5 heteroatoms. The molecule has 4 nitrogen and oxygen atoms in total. The predicted octanol–water partition coefficient (Wildman–Crippen LogP) is 1.15. The van der Waals surface area contributed by atoms with Gasteiger partial charge in [-0.05, 0) is 6.92 Å². The molecule has 0 saturated carbocycles. The molecule has 0 aliphatic carbocycles. The van der Waals surface area contributed by atoms with Crippen LogP contribution in [-0.4, -0.2) is 46.7 Å². The second kappa shape index (κ2) is 4.09. The molecule has 0 unspecified atom stereocenters. The molecule has 0 aromatic carbocycles. The maximum atomic E-state index is 10.7. The van der Waals surface area contributed by atoms with Crippen molar-refractivity contribution >= 4 is 22.0 Å². The molecule has 0 aromatic heterocycles. The SMILES string of the molecule is C[C@H]1CO[C@H](CBr)CN1C(=O)O. The standard InChI is InChI=1S/C7H12BrNO3/c1-5-4-12-6(2-8)3-9(5)7(10)11/h5-6H,2-4H2,1H3,(H,10,11)/t5-,6+/m0/s1. The molecule has 1 aliphatic rings. The molecule has 1 amide bonds. The van der Waals surface area contributed by atoms with Crippen LogP contribution in [0.25, 0.3) is 0 Å². The van der Waals surface area contributed by atoms with E-state index >= 15 is 0 Å². The first kappa shape index (κ1) is 9.80. The summed E-state index contributed by atoms with van der Waals surface area (Å²) in [6, 6.07) is -0.0298. The zero-order chi connectivity index (χ0) is 9.14. The van der Waals surface area contributed by atoms with Crippen molar-refractivity contribution in [3.8, 4) is 0 Å². The molecule has 0 aromatic rings. The van der Waals surface area contributed by atoms with Gasteiger partial charge in [0.2, 0.25) is 0 Å². The van der Waals surface area contributed by atoms with Gasteiger partial charge < -0.3 is 14.7 Å².